The lowest BCUT2D eigenvalue weighted by Crippen LogP contribution is -2.16. The third-order valence-electron chi connectivity index (χ3n) is 15.0. The highest BCUT2D eigenvalue weighted by Crippen LogP contribution is 2.52. The summed E-state index contributed by atoms with van der Waals surface area (Å²) in [5.74, 6) is 0. The molecule has 2 nitrogen and oxygen atoms in total. The molecule has 0 N–H and O–H groups in total. The summed E-state index contributed by atoms with van der Waals surface area (Å²) >= 11 is 0. The van der Waals surface area contributed by atoms with E-state index in [1.54, 1.807) is 0 Å². The predicted octanol–water partition coefficient (Wildman–Crippen LogP) is 19.4. The fourth-order valence-electron chi connectivity index (χ4n) is 11.3. The van der Waals surface area contributed by atoms with Crippen LogP contribution < -0.4 is 4.90 Å². The van der Waals surface area contributed by atoms with Gasteiger partial charge >= 0.3 is 0 Å². The average molecular weight is 933 g/mol. The van der Waals surface area contributed by atoms with E-state index >= 15 is 0 Å². The molecule has 1 aliphatic carbocycles. The molecular formula is C71H52N2. The van der Waals surface area contributed by atoms with Gasteiger partial charge in [-0.3, -0.25) is 0 Å². The second kappa shape index (κ2) is 18.2. The van der Waals surface area contributed by atoms with Gasteiger partial charge in [-0.05, 0) is 145 Å². The van der Waals surface area contributed by atoms with Gasteiger partial charge in [0.2, 0.25) is 0 Å². The van der Waals surface area contributed by atoms with Gasteiger partial charge in [0.05, 0.1) is 11.2 Å². The average Bonchev–Trinajstić information content (AvgIpc) is 3.92. The van der Waals surface area contributed by atoms with Gasteiger partial charge in [-0.1, -0.05) is 226 Å². The summed E-state index contributed by atoms with van der Waals surface area (Å²) < 4.78 is 2.43. The summed E-state index contributed by atoms with van der Waals surface area (Å²) in [6, 6.07) is 102. The topological polar surface area (TPSA) is 8.17 Å². The maximum absolute atomic E-state index is 2.43. The van der Waals surface area contributed by atoms with Crippen molar-refractivity contribution in [2.45, 2.75) is 19.3 Å². The van der Waals surface area contributed by atoms with E-state index in [2.05, 4.69) is 302 Å². The Hall–Kier alpha value is -9.24. The van der Waals surface area contributed by atoms with Crippen LogP contribution in [0, 0.1) is 0 Å². The molecule has 1 heterocycles. The molecule has 0 bridgehead atoms. The van der Waals surface area contributed by atoms with Crippen LogP contribution in [-0.2, 0) is 5.41 Å². The summed E-state index contributed by atoms with van der Waals surface area (Å²) in [5.41, 5.74) is 25.2. The van der Waals surface area contributed by atoms with Crippen LogP contribution in [0.15, 0.2) is 279 Å². The fraction of sp³-hybridized carbons (Fsp3) is 0.0423. The lowest BCUT2D eigenvalue weighted by molar-refractivity contribution is 0.660. The second-order valence-corrected chi connectivity index (χ2v) is 19.7. The number of aromatic nitrogens is 1. The smallest absolute Gasteiger partial charge is 0.0619 e. The van der Waals surface area contributed by atoms with Gasteiger partial charge in [0.1, 0.15) is 0 Å². The standard InChI is InChI=1S/C71H52N2/c1-71(2)66-47-58(54-30-28-53(29-31-54)57-37-45-68-65(46-57)69(55-22-12-5-13-23-55)70(56-24-14-6-15-25-56)73(68)59-26-16-7-17-27-59)36-43-63(66)64-44-42-62(48-67(64)71)72(60-38-32-51(33-39-60)49-18-8-3-9-19-49)61-40-34-52(35-41-61)50-20-10-4-11-21-50/h3-48H,1-2H3. The highest BCUT2D eigenvalue weighted by molar-refractivity contribution is 6.07. The van der Waals surface area contributed by atoms with Crippen molar-refractivity contribution in [1.82, 2.24) is 4.57 Å². The molecule has 11 aromatic carbocycles. The van der Waals surface area contributed by atoms with Crippen molar-refractivity contribution in [3.63, 3.8) is 0 Å². The zero-order valence-corrected chi connectivity index (χ0v) is 41.0. The van der Waals surface area contributed by atoms with Crippen molar-refractivity contribution >= 4 is 28.0 Å². The fourth-order valence-corrected chi connectivity index (χ4v) is 11.3. The first-order valence-corrected chi connectivity index (χ1v) is 25.3. The largest absolute Gasteiger partial charge is 0.310 e. The van der Waals surface area contributed by atoms with Crippen molar-refractivity contribution in [2.75, 3.05) is 4.90 Å². The zero-order valence-electron chi connectivity index (χ0n) is 41.0. The van der Waals surface area contributed by atoms with Crippen molar-refractivity contribution in [1.29, 1.82) is 0 Å². The number of para-hydroxylation sites is 1. The predicted molar refractivity (Wildman–Crippen MR) is 308 cm³/mol. The Bertz CT molecular complexity index is 3830. The first-order valence-electron chi connectivity index (χ1n) is 25.3. The van der Waals surface area contributed by atoms with Crippen LogP contribution in [-0.4, -0.2) is 4.57 Å². The molecule has 12 aromatic rings. The van der Waals surface area contributed by atoms with Gasteiger partial charge in [-0.15, -0.1) is 0 Å². The van der Waals surface area contributed by atoms with E-state index in [4.69, 9.17) is 0 Å². The first kappa shape index (κ1) is 43.8. The van der Waals surface area contributed by atoms with Gasteiger partial charge in [-0.2, -0.15) is 0 Å². The van der Waals surface area contributed by atoms with Gasteiger partial charge in [0, 0.05) is 39.1 Å². The lowest BCUT2D eigenvalue weighted by Gasteiger charge is -2.28. The third-order valence-corrected chi connectivity index (χ3v) is 15.0. The number of hydrogen-bond donors (Lipinski definition) is 0. The molecule has 0 saturated heterocycles. The zero-order chi connectivity index (χ0) is 48.9. The molecule has 0 atom stereocenters. The molecular weight excluding hydrogens is 881 g/mol. The van der Waals surface area contributed by atoms with Gasteiger partial charge in [0.15, 0.2) is 0 Å². The molecule has 0 radical (unpaired) electrons. The monoisotopic (exact) mass is 932 g/mol. The highest BCUT2D eigenvalue weighted by atomic mass is 15.1. The molecule has 1 aliphatic rings. The number of benzene rings is 11. The van der Waals surface area contributed by atoms with Crippen LogP contribution in [0.1, 0.15) is 25.0 Å². The summed E-state index contributed by atoms with van der Waals surface area (Å²) in [7, 11) is 0. The normalized spacial score (nSPS) is 12.4. The minimum absolute atomic E-state index is 0.225. The maximum Gasteiger partial charge on any atom is 0.0619 e. The van der Waals surface area contributed by atoms with Crippen molar-refractivity contribution in [3.05, 3.63) is 290 Å². The Balaban J connectivity index is 0.842. The Kier molecular flexibility index (Phi) is 10.9. The molecule has 13 rings (SSSR count). The minimum atomic E-state index is -0.225. The van der Waals surface area contributed by atoms with Gasteiger partial charge in [-0.25, -0.2) is 0 Å². The van der Waals surface area contributed by atoms with Crippen LogP contribution in [0.2, 0.25) is 0 Å². The number of fused-ring (bicyclic) bond motifs is 4. The van der Waals surface area contributed by atoms with E-state index in [1.165, 1.54) is 100 Å². The quantitative estimate of drug-likeness (QED) is 0.133. The number of hydrogen-bond acceptors (Lipinski definition) is 1. The van der Waals surface area contributed by atoms with Crippen LogP contribution in [0.3, 0.4) is 0 Å². The van der Waals surface area contributed by atoms with E-state index in [1.807, 2.05) is 0 Å². The van der Waals surface area contributed by atoms with Gasteiger partial charge < -0.3 is 9.47 Å². The molecule has 0 spiro atoms. The maximum atomic E-state index is 2.43. The molecule has 2 heteroatoms. The Labute approximate surface area is 428 Å². The SMILES string of the molecule is CC1(C)c2cc(-c3ccc(-c4ccc5c(c4)c(-c4ccccc4)c(-c4ccccc4)n5-c4ccccc4)cc3)ccc2-c2ccc(N(c3ccc(-c4ccccc4)cc3)c3ccc(-c4ccccc4)cc3)cc21. The molecule has 0 unspecified atom stereocenters. The third kappa shape index (κ3) is 7.85. The van der Waals surface area contributed by atoms with Crippen LogP contribution in [0.25, 0.3) is 94.6 Å². The molecule has 346 valence electrons. The Morgan fingerprint density at radius 1 is 0.301 bits per heavy atom. The van der Waals surface area contributed by atoms with Crippen LogP contribution >= 0.6 is 0 Å². The van der Waals surface area contributed by atoms with Crippen LogP contribution in [0.4, 0.5) is 17.1 Å². The summed E-state index contributed by atoms with van der Waals surface area (Å²) in [6.07, 6.45) is 0. The number of anilines is 3. The molecule has 0 amide bonds. The molecule has 73 heavy (non-hydrogen) atoms. The van der Waals surface area contributed by atoms with Gasteiger partial charge in [0.25, 0.3) is 0 Å². The molecule has 0 saturated carbocycles. The van der Waals surface area contributed by atoms with Crippen molar-refractivity contribution in [3.8, 4) is 83.7 Å². The summed E-state index contributed by atoms with van der Waals surface area (Å²) in [5, 5.41) is 1.23. The van der Waals surface area contributed by atoms with Crippen LogP contribution in [0.5, 0.6) is 0 Å². The summed E-state index contributed by atoms with van der Waals surface area (Å²) in [6.45, 7) is 4.77. The number of nitrogens with zero attached hydrogens (tertiary/aromatic N) is 2. The molecule has 0 fully saturated rings. The van der Waals surface area contributed by atoms with E-state index < -0.39 is 0 Å². The van der Waals surface area contributed by atoms with E-state index in [9.17, 15) is 0 Å². The second-order valence-electron chi connectivity index (χ2n) is 19.7. The lowest BCUT2D eigenvalue weighted by atomic mass is 9.81. The number of rotatable bonds is 10. The Morgan fingerprint density at radius 3 is 1.21 bits per heavy atom. The first-order chi connectivity index (χ1) is 36.0. The van der Waals surface area contributed by atoms with Crippen molar-refractivity contribution in [2.24, 2.45) is 0 Å². The molecule has 1 aromatic heterocycles. The summed E-state index contributed by atoms with van der Waals surface area (Å²) in [4.78, 5) is 2.40. The minimum Gasteiger partial charge on any atom is -0.310 e. The highest BCUT2D eigenvalue weighted by Gasteiger charge is 2.36. The molecule has 0 aliphatic heterocycles. The van der Waals surface area contributed by atoms with E-state index in [-0.39, 0.29) is 5.41 Å². The van der Waals surface area contributed by atoms with E-state index in [0.29, 0.717) is 0 Å². The van der Waals surface area contributed by atoms with E-state index in [0.717, 1.165) is 22.7 Å². The Morgan fingerprint density at radius 2 is 0.671 bits per heavy atom. The van der Waals surface area contributed by atoms with Crippen molar-refractivity contribution < 1.29 is 0 Å².